The Kier molecular flexibility index (Phi) is 7.33. The fourth-order valence-corrected chi connectivity index (χ4v) is 5.54. The second-order valence-corrected chi connectivity index (χ2v) is 11.8. The number of ether oxygens (including phenoxy) is 1. The lowest BCUT2D eigenvalue weighted by molar-refractivity contribution is -0.116. The number of sulfone groups is 1. The monoisotopic (exact) mass is 515 g/mol. The average molecular weight is 516 g/mol. The number of nitrogens with zero attached hydrogens (tertiary/aromatic N) is 1. The van der Waals surface area contributed by atoms with Gasteiger partial charge in [0.05, 0.1) is 19.0 Å². The lowest BCUT2D eigenvalue weighted by atomic mass is 9.78. The van der Waals surface area contributed by atoms with Gasteiger partial charge in [0.25, 0.3) is 0 Å². The Bertz CT molecular complexity index is 1370. The number of hydrogen-bond donors (Lipinski definition) is 1. The fraction of sp³-hybridized carbons (Fsp3) is 0.407. The highest BCUT2D eigenvalue weighted by atomic mass is 32.2. The molecule has 0 aliphatic heterocycles. The molecule has 7 nitrogen and oxygen atoms in total. The van der Waals surface area contributed by atoms with Crippen LogP contribution < -0.4 is 4.74 Å². The van der Waals surface area contributed by atoms with Crippen LogP contribution in [0.2, 0.25) is 0 Å². The van der Waals surface area contributed by atoms with Crippen molar-refractivity contribution in [3.05, 3.63) is 65.3 Å². The first-order chi connectivity index (χ1) is 17.0. The molecule has 1 fully saturated rings. The summed E-state index contributed by atoms with van der Waals surface area (Å²) < 4.78 is 50.9. The molecule has 9 heteroatoms. The molecular weight excluding hydrogens is 485 g/mol. The van der Waals surface area contributed by atoms with Crippen molar-refractivity contribution in [3.63, 3.8) is 0 Å². The third-order valence-electron chi connectivity index (χ3n) is 6.61. The van der Waals surface area contributed by atoms with Crippen LogP contribution >= 0.6 is 0 Å². The predicted octanol–water partition coefficient (Wildman–Crippen LogP) is 4.64. The Labute approximate surface area is 210 Å². The number of aromatic nitrogens is 1. The maximum atomic E-state index is 14.7. The zero-order valence-electron chi connectivity index (χ0n) is 20.6. The van der Waals surface area contributed by atoms with Crippen LogP contribution in [0.3, 0.4) is 0 Å². The summed E-state index contributed by atoms with van der Waals surface area (Å²) in [6.07, 6.45) is 6.35. The van der Waals surface area contributed by atoms with Gasteiger partial charge in [-0.2, -0.15) is 0 Å². The SMILES string of the molecule is COc1cc(-c2cc(F)cc(CC3CCC3)c2CC(=O)CS(=O)(=O)c2cc(C(C)(C)O)co2)ccn1. The van der Waals surface area contributed by atoms with Crippen molar-refractivity contribution < 1.29 is 31.9 Å². The van der Waals surface area contributed by atoms with Crippen molar-refractivity contribution in [3.8, 4) is 17.0 Å². The molecule has 0 radical (unpaired) electrons. The van der Waals surface area contributed by atoms with E-state index < -0.39 is 32.8 Å². The molecule has 1 aliphatic carbocycles. The zero-order valence-corrected chi connectivity index (χ0v) is 21.4. The van der Waals surface area contributed by atoms with Crippen LogP contribution in [0.15, 0.2) is 52.3 Å². The van der Waals surface area contributed by atoms with E-state index in [0.29, 0.717) is 46.0 Å². The number of ketones is 1. The van der Waals surface area contributed by atoms with E-state index in [1.165, 1.54) is 51.6 Å². The summed E-state index contributed by atoms with van der Waals surface area (Å²) in [4.78, 5) is 17.2. The summed E-state index contributed by atoms with van der Waals surface area (Å²) in [6.45, 7) is 3.01. The van der Waals surface area contributed by atoms with Gasteiger partial charge < -0.3 is 14.3 Å². The van der Waals surface area contributed by atoms with E-state index in [9.17, 15) is 22.7 Å². The van der Waals surface area contributed by atoms with E-state index in [0.717, 1.165) is 19.3 Å². The molecule has 2 aromatic heterocycles. The second kappa shape index (κ2) is 10.1. The molecule has 36 heavy (non-hydrogen) atoms. The van der Waals surface area contributed by atoms with E-state index >= 15 is 0 Å². The van der Waals surface area contributed by atoms with Gasteiger partial charge in [-0.1, -0.05) is 19.3 Å². The molecule has 1 aliphatic rings. The van der Waals surface area contributed by atoms with Gasteiger partial charge in [0.1, 0.15) is 11.6 Å². The molecule has 1 N–H and O–H groups in total. The number of rotatable bonds is 10. The van der Waals surface area contributed by atoms with Gasteiger partial charge in [-0.05, 0) is 66.6 Å². The quantitative estimate of drug-likeness (QED) is 0.419. The van der Waals surface area contributed by atoms with Crippen molar-refractivity contribution in [2.75, 3.05) is 12.9 Å². The first-order valence-electron chi connectivity index (χ1n) is 11.8. The van der Waals surface area contributed by atoms with Gasteiger partial charge in [-0.3, -0.25) is 4.79 Å². The molecule has 0 amide bonds. The minimum atomic E-state index is -4.08. The van der Waals surface area contributed by atoms with Crippen molar-refractivity contribution in [1.29, 1.82) is 0 Å². The summed E-state index contributed by atoms with van der Waals surface area (Å²) in [5.41, 5.74) is 1.46. The van der Waals surface area contributed by atoms with Crippen molar-refractivity contribution >= 4 is 15.6 Å². The predicted molar refractivity (Wildman–Crippen MR) is 132 cm³/mol. The number of Topliss-reactive ketones (excluding diaryl/α,β-unsaturated/α-hetero) is 1. The Morgan fingerprint density at radius 3 is 2.61 bits per heavy atom. The summed E-state index contributed by atoms with van der Waals surface area (Å²) in [7, 11) is -2.60. The third-order valence-corrected chi connectivity index (χ3v) is 8.14. The van der Waals surface area contributed by atoms with Crippen LogP contribution in [0.25, 0.3) is 11.1 Å². The van der Waals surface area contributed by atoms with Gasteiger partial charge in [0.15, 0.2) is 5.78 Å². The van der Waals surface area contributed by atoms with E-state index in [2.05, 4.69) is 4.98 Å². The smallest absolute Gasteiger partial charge is 0.218 e. The van der Waals surface area contributed by atoms with Crippen LogP contribution in [-0.2, 0) is 33.1 Å². The van der Waals surface area contributed by atoms with Gasteiger partial charge in [0.2, 0.25) is 20.8 Å². The van der Waals surface area contributed by atoms with Gasteiger partial charge in [-0.25, -0.2) is 17.8 Å². The summed E-state index contributed by atoms with van der Waals surface area (Å²) in [5.74, 6) is -0.982. The number of benzene rings is 1. The molecule has 3 aromatic rings. The second-order valence-electron chi connectivity index (χ2n) is 9.87. The Balaban J connectivity index is 1.67. The van der Waals surface area contributed by atoms with Gasteiger partial charge in [0, 0.05) is 30.3 Å². The summed E-state index contributed by atoms with van der Waals surface area (Å²) in [5, 5.41) is 9.73. The van der Waals surface area contributed by atoms with Crippen LogP contribution in [0.5, 0.6) is 5.88 Å². The molecule has 2 heterocycles. The number of carbonyl (C=O) groups excluding carboxylic acids is 1. The molecule has 4 rings (SSSR count). The van der Waals surface area contributed by atoms with E-state index in [4.69, 9.17) is 9.15 Å². The average Bonchev–Trinajstić information content (AvgIpc) is 3.29. The highest BCUT2D eigenvalue weighted by Crippen LogP contribution is 2.35. The van der Waals surface area contributed by atoms with Crippen LogP contribution in [0, 0.1) is 11.7 Å². The highest BCUT2D eigenvalue weighted by molar-refractivity contribution is 7.92. The highest BCUT2D eigenvalue weighted by Gasteiger charge is 2.28. The number of aliphatic hydroxyl groups is 1. The molecular formula is C27H30FNO6S. The van der Waals surface area contributed by atoms with Gasteiger partial charge in [-0.15, -0.1) is 0 Å². The van der Waals surface area contributed by atoms with Gasteiger partial charge >= 0.3 is 0 Å². The lowest BCUT2D eigenvalue weighted by Crippen LogP contribution is -2.20. The Morgan fingerprint density at radius 2 is 2.00 bits per heavy atom. The summed E-state index contributed by atoms with van der Waals surface area (Å²) in [6, 6.07) is 7.40. The zero-order chi connectivity index (χ0) is 26.1. The molecule has 0 unspecified atom stereocenters. The molecule has 0 spiro atoms. The first kappa shape index (κ1) is 26.0. The maximum absolute atomic E-state index is 14.7. The van der Waals surface area contributed by atoms with Crippen LogP contribution in [0.1, 0.15) is 49.8 Å². The van der Waals surface area contributed by atoms with Crippen molar-refractivity contribution in [1.82, 2.24) is 4.98 Å². The Morgan fingerprint density at radius 1 is 1.25 bits per heavy atom. The lowest BCUT2D eigenvalue weighted by Gasteiger charge is -2.27. The maximum Gasteiger partial charge on any atom is 0.218 e. The summed E-state index contributed by atoms with van der Waals surface area (Å²) >= 11 is 0. The van der Waals surface area contributed by atoms with Crippen molar-refractivity contribution in [2.45, 2.75) is 56.6 Å². The van der Waals surface area contributed by atoms with Crippen molar-refractivity contribution in [2.24, 2.45) is 5.92 Å². The number of halogens is 1. The van der Waals surface area contributed by atoms with E-state index in [-0.39, 0.29) is 11.5 Å². The molecule has 1 saturated carbocycles. The number of hydrogen-bond acceptors (Lipinski definition) is 7. The fourth-order valence-electron chi connectivity index (χ4n) is 4.37. The number of pyridine rings is 1. The normalized spacial score (nSPS) is 14.5. The Hall–Kier alpha value is -3.04. The number of furan rings is 1. The number of methoxy groups -OCH3 is 1. The van der Waals surface area contributed by atoms with E-state index in [1.54, 1.807) is 12.1 Å². The molecule has 0 atom stereocenters. The minimum Gasteiger partial charge on any atom is -0.481 e. The molecule has 1 aromatic carbocycles. The van der Waals surface area contributed by atoms with E-state index in [1.807, 2.05) is 0 Å². The number of carbonyl (C=O) groups is 1. The molecule has 0 bridgehead atoms. The first-order valence-corrected chi connectivity index (χ1v) is 13.5. The molecule has 0 saturated heterocycles. The third kappa shape index (κ3) is 5.84. The van der Waals surface area contributed by atoms with Crippen LogP contribution in [-0.4, -0.2) is 37.2 Å². The minimum absolute atomic E-state index is 0.180. The largest absolute Gasteiger partial charge is 0.481 e. The topological polar surface area (TPSA) is 107 Å². The van der Waals surface area contributed by atoms with Crippen LogP contribution in [0.4, 0.5) is 4.39 Å². The molecule has 192 valence electrons. The standard InChI is InChI=1S/C27H30FNO6S/c1-27(2,31)20-12-26(35-15-20)36(32,33)16-22(30)14-24-19(9-17-5-4-6-17)10-21(28)13-23(24)18-7-8-29-25(11-18)34-3/h7-8,10-13,15,17,31H,4-6,9,14,16H2,1-3H3.